The van der Waals surface area contributed by atoms with Crippen molar-refractivity contribution in [1.29, 1.82) is 0 Å². The van der Waals surface area contributed by atoms with Gasteiger partial charge in [0.25, 0.3) is 5.91 Å². The summed E-state index contributed by atoms with van der Waals surface area (Å²) in [6, 6.07) is 6.80. The number of benzene rings is 1. The summed E-state index contributed by atoms with van der Waals surface area (Å²) in [5.41, 5.74) is 0.664. The number of hydrogen-bond acceptors (Lipinski definition) is 3. The molecule has 21 heavy (non-hydrogen) atoms. The molecule has 0 bridgehead atoms. The van der Waals surface area contributed by atoms with E-state index in [0.29, 0.717) is 23.3 Å². The van der Waals surface area contributed by atoms with Gasteiger partial charge in [-0.3, -0.25) is 4.79 Å². The molecule has 1 atom stereocenters. The van der Waals surface area contributed by atoms with Crippen molar-refractivity contribution in [2.24, 2.45) is 0 Å². The van der Waals surface area contributed by atoms with E-state index in [1.165, 1.54) is 12.3 Å². The molecule has 2 rings (SSSR count). The molecule has 1 aromatic carbocycles. The number of hydrogen-bond donors (Lipinski definition) is 2. The number of carboxylic acid groups (broad SMARTS) is 1. The van der Waals surface area contributed by atoms with Gasteiger partial charge in [0.15, 0.2) is 6.04 Å². The van der Waals surface area contributed by atoms with Crippen molar-refractivity contribution in [2.75, 3.05) is 0 Å². The number of halogens is 1. The molecule has 0 aliphatic carbocycles. The standard InChI is InChI=1S/C15H14ClNO4/c1-2-12-10(7-8-21-12)14(18)17-13(15(19)20)9-5-3-4-6-11(9)16/h3-8,13H,2H2,1H3,(H,17,18)(H,19,20)/t13-/m1/s1. The highest BCUT2D eigenvalue weighted by molar-refractivity contribution is 6.31. The minimum absolute atomic E-state index is 0.285. The lowest BCUT2D eigenvalue weighted by Gasteiger charge is -2.16. The minimum Gasteiger partial charge on any atom is -0.479 e. The normalized spacial score (nSPS) is 11.9. The van der Waals surface area contributed by atoms with Gasteiger partial charge >= 0.3 is 5.97 Å². The topological polar surface area (TPSA) is 79.5 Å². The number of nitrogens with one attached hydrogen (secondary N) is 1. The van der Waals surface area contributed by atoms with E-state index >= 15 is 0 Å². The molecule has 0 saturated heterocycles. The van der Waals surface area contributed by atoms with Crippen molar-refractivity contribution < 1.29 is 19.1 Å². The summed E-state index contributed by atoms with van der Waals surface area (Å²) in [6.45, 7) is 1.85. The molecule has 5 nitrogen and oxygen atoms in total. The van der Waals surface area contributed by atoms with Crippen LogP contribution in [0.5, 0.6) is 0 Å². The fraction of sp³-hybridized carbons (Fsp3) is 0.200. The first kappa shape index (κ1) is 15.1. The smallest absolute Gasteiger partial charge is 0.330 e. The Morgan fingerprint density at radius 3 is 2.67 bits per heavy atom. The van der Waals surface area contributed by atoms with Crippen LogP contribution >= 0.6 is 11.6 Å². The van der Waals surface area contributed by atoms with Crippen LogP contribution in [0.4, 0.5) is 0 Å². The molecular weight excluding hydrogens is 294 g/mol. The molecule has 0 radical (unpaired) electrons. The van der Waals surface area contributed by atoms with Crippen LogP contribution < -0.4 is 5.32 Å². The largest absolute Gasteiger partial charge is 0.479 e. The number of furan rings is 1. The van der Waals surface area contributed by atoms with Crippen LogP contribution in [0.15, 0.2) is 41.0 Å². The second-order valence-corrected chi connectivity index (χ2v) is 4.78. The van der Waals surface area contributed by atoms with E-state index in [1.807, 2.05) is 6.92 Å². The van der Waals surface area contributed by atoms with E-state index in [9.17, 15) is 14.7 Å². The maximum atomic E-state index is 12.2. The average molecular weight is 308 g/mol. The van der Waals surface area contributed by atoms with E-state index in [0.717, 1.165) is 0 Å². The highest BCUT2D eigenvalue weighted by Crippen LogP contribution is 2.23. The van der Waals surface area contributed by atoms with E-state index in [4.69, 9.17) is 16.0 Å². The lowest BCUT2D eigenvalue weighted by atomic mass is 10.1. The third kappa shape index (κ3) is 3.25. The summed E-state index contributed by atoms with van der Waals surface area (Å²) < 4.78 is 5.17. The van der Waals surface area contributed by atoms with Gasteiger partial charge in [0.05, 0.1) is 11.8 Å². The van der Waals surface area contributed by atoms with Gasteiger partial charge in [0, 0.05) is 17.0 Å². The molecule has 2 aromatic rings. The van der Waals surface area contributed by atoms with Crippen molar-refractivity contribution in [1.82, 2.24) is 5.32 Å². The highest BCUT2D eigenvalue weighted by atomic mass is 35.5. The lowest BCUT2D eigenvalue weighted by Crippen LogP contribution is -2.34. The zero-order valence-electron chi connectivity index (χ0n) is 11.3. The molecule has 2 N–H and O–H groups in total. The fourth-order valence-electron chi connectivity index (χ4n) is 2.01. The van der Waals surface area contributed by atoms with Crippen LogP contribution in [0.1, 0.15) is 34.6 Å². The summed E-state index contributed by atoms with van der Waals surface area (Å²) >= 11 is 6.00. The van der Waals surface area contributed by atoms with Crippen molar-refractivity contribution in [3.05, 3.63) is 58.5 Å². The molecule has 1 aromatic heterocycles. The molecule has 6 heteroatoms. The predicted molar refractivity (Wildman–Crippen MR) is 77.4 cm³/mol. The molecule has 0 aliphatic rings. The van der Waals surface area contributed by atoms with Gasteiger partial charge in [0.1, 0.15) is 5.76 Å². The molecule has 0 aliphatic heterocycles. The Kier molecular flexibility index (Phi) is 4.65. The Bertz CT molecular complexity index is 665. The highest BCUT2D eigenvalue weighted by Gasteiger charge is 2.26. The van der Waals surface area contributed by atoms with E-state index < -0.39 is 17.9 Å². The SMILES string of the molecule is CCc1occc1C(=O)N[C@@H](C(=O)O)c1ccccc1Cl. The fourth-order valence-corrected chi connectivity index (χ4v) is 2.25. The maximum Gasteiger partial charge on any atom is 0.330 e. The number of aliphatic carboxylic acids is 1. The summed E-state index contributed by atoms with van der Waals surface area (Å²) in [4.78, 5) is 23.6. The van der Waals surface area contributed by atoms with E-state index in [-0.39, 0.29) is 5.02 Å². The number of carboxylic acids is 1. The van der Waals surface area contributed by atoms with Crippen molar-refractivity contribution in [3.63, 3.8) is 0 Å². The molecule has 1 amide bonds. The lowest BCUT2D eigenvalue weighted by molar-refractivity contribution is -0.139. The Hall–Kier alpha value is -2.27. The summed E-state index contributed by atoms with van der Waals surface area (Å²) in [5.74, 6) is -1.18. The summed E-state index contributed by atoms with van der Waals surface area (Å²) in [5, 5.41) is 12.1. The molecule has 0 fully saturated rings. The third-order valence-corrected chi connectivity index (χ3v) is 3.39. The Morgan fingerprint density at radius 1 is 1.33 bits per heavy atom. The van der Waals surface area contributed by atoms with Crippen LogP contribution in [-0.2, 0) is 11.2 Å². The average Bonchev–Trinajstić information content (AvgIpc) is 2.93. The van der Waals surface area contributed by atoms with Gasteiger partial charge in [-0.2, -0.15) is 0 Å². The second-order valence-electron chi connectivity index (χ2n) is 4.38. The first-order valence-electron chi connectivity index (χ1n) is 6.39. The minimum atomic E-state index is -1.22. The molecule has 0 unspecified atom stereocenters. The van der Waals surface area contributed by atoms with Crippen molar-refractivity contribution >= 4 is 23.5 Å². The van der Waals surface area contributed by atoms with Gasteiger partial charge in [-0.1, -0.05) is 36.7 Å². The summed E-state index contributed by atoms with van der Waals surface area (Å²) in [7, 11) is 0. The Balaban J connectivity index is 2.28. The molecule has 1 heterocycles. The second kappa shape index (κ2) is 6.45. The third-order valence-electron chi connectivity index (χ3n) is 3.05. The van der Waals surface area contributed by atoms with Gasteiger partial charge in [-0.15, -0.1) is 0 Å². The number of carbonyl (C=O) groups excluding carboxylic acids is 1. The number of aryl methyl sites for hydroxylation is 1. The van der Waals surface area contributed by atoms with Crippen LogP contribution in [0.25, 0.3) is 0 Å². The van der Waals surface area contributed by atoms with E-state index in [1.54, 1.807) is 24.3 Å². The van der Waals surface area contributed by atoms with Crippen molar-refractivity contribution in [3.8, 4) is 0 Å². The van der Waals surface area contributed by atoms with Gasteiger partial charge in [-0.05, 0) is 12.1 Å². The molecule has 0 spiro atoms. The Morgan fingerprint density at radius 2 is 2.05 bits per heavy atom. The van der Waals surface area contributed by atoms with Crippen LogP contribution in [0.3, 0.4) is 0 Å². The van der Waals surface area contributed by atoms with Gasteiger partial charge < -0.3 is 14.8 Å². The first-order chi connectivity index (χ1) is 10.0. The number of carbonyl (C=O) groups is 2. The zero-order chi connectivity index (χ0) is 15.4. The van der Waals surface area contributed by atoms with Crippen molar-refractivity contribution in [2.45, 2.75) is 19.4 Å². The summed E-state index contributed by atoms with van der Waals surface area (Å²) in [6.07, 6.45) is 1.94. The van der Waals surface area contributed by atoms with Crippen LogP contribution in [-0.4, -0.2) is 17.0 Å². The van der Waals surface area contributed by atoms with Gasteiger partial charge in [0.2, 0.25) is 0 Å². The quantitative estimate of drug-likeness (QED) is 0.889. The number of amides is 1. The van der Waals surface area contributed by atoms with Crippen LogP contribution in [0, 0.1) is 0 Å². The van der Waals surface area contributed by atoms with Gasteiger partial charge in [-0.25, -0.2) is 4.79 Å². The maximum absolute atomic E-state index is 12.2. The molecular formula is C15H14ClNO4. The first-order valence-corrected chi connectivity index (χ1v) is 6.76. The predicted octanol–water partition coefficient (Wildman–Crippen LogP) is 3.05. The Labute approximate surface area is 126 Å². The zero-order valence-corrected chi connectivity index (χ0v) is 12.1. The molecule has 110 valence electrons. The number of rotatable bonds is 5. The van der Waals surface area contributed by atoms with Crippen LogP contribution in [0.2, 0.25) is 5.02 Å². The molecule has 0 saturated carbocycles. The van der Waals surface area contributed by atoms with E-state index in [2.05, 4.69) is 5.32 Å². The monoisotopic (exact) mass is 307 g/mol.